The Morgan fingerprint density at radius 2 is 2.12 bits per heavy atom. The summed E-state index contributed by atoms with van der Waals surface area (Å²) in [5.74, 6) is 0.573. The highest BCUT2D eigenvalue weighted by atomic mass is 127. The maximum atomic E-state index is 13.2. The first kappa shape index (κ1) is 21.2. The molecular formula is C18H29FIN3O. The van der Waals surface area contributed by atoms with Crippen molar-refractivity contribution in [3.63, 3.8) is 0 Å². The normalized spacial score (nSPS) is 16.0. The molecule has 0 bridgehead atoms. The Labute approximate surface area is 161 Å². The summed E-state index contributed by atoms with van der Waals surface area (Å²) in [6, 6.07) is 6.59. The number of hydrogen-bond acceptors (Lipinski definition) is 2. The van der Waals surface area contributed by atoms with E-state index in [4.69, 9.17) is 4.74 Å². The second kappa shape index (κ2) is 10.9. The summed E-state index contributed by atoms with van der Waals surface area (Å²) in [5.41, 5.74) is 1.21. The molecule has 0 amide bonds. The topological polar surface area (TPSA) is 45.7 Å². The van der Waals surface area contributed by atoms with E-state index in [-0.39, 0.29) is 29.8 Å². The maximum absolute atomic E-state index is 13.2. The number of nitrogens with zero attached hydrogens (tertiary/aromatic N) is 1. The largest absolute Gasteiger partial charge is 0.385 e. The van der Waals surface area contributed by atoms with E-state index in [9.17, 15) is 4.39 Å². The van der Waals surface area contributed by atoms with Gasteiger partial charge in [-0.2, -0.15) is 0 Å². The number of ether oxygens (including phenoxy) is 1. The first-order chi connectivity index (χ1) is 11.2. The fourth-order valence-corrected chi connectivity index (χ4v) is 2.93. The molecule has 1 saturated carbocycles. The maximum Gasteiger partial charge on any atom is 0.191 e. The van der Waals surface area contributed by atoms with Crippen molar-refractivity contribution in [2.75, 3.05) is 26.8 Å². The van der Waals surface area contributed by atoms with Gasteiger partial charge < -0.3 is 15.4 Å². The van der Waals surface area contributed by atoms with Gasteiger partial charge in [-0.1, -0.05) is 18.6 Å². The number of halogens is 2. The van der Waals surface area contributed by atoms with Crippen LogP contribution in [0, 0.1) is 11.2 Å². The van der Waals surface area contributed by atoms with Crippen molar-refractivity contribution in [3.8, 4) is 0 Å². The molecule has 24 heavy (non-hydrogen) atoms. The van der Waals surface area contributed by atoms with Crippen LogP contribution in [0.4, 0.5) is 4.39 Å². The van der Waals surface area contributed by atoms with E-state index in [1.807, 2.05) is 13.0 Å². The van der Waals surface area contributed by atoms with Crippen molar-refractivity contribution < 1.29 is 9.13 Å². The summed E-state index contributed by atoms with van der Waals surface area (Å²) in [5, 5.41) is 6.71. The molecule has 1 aromatic rings. The van der Waals surface area contributed by atoms with Crippen LogP contribution in [-0.2, 0) is 11.3 Å². The van der Waals surface area contributed by atoms with Crippen LogP contribution in [0.1, 0.15) is 38.2 Å². The molecule has 1 aromatic carbocycles. The van der Waals surface area contributed by atoms with Gasteiger partial charge in [0, 0.05) is 26.8 Å². The molecule has 0 heterocycles. The molecule has 1 fully saturated rings. The van der Waals surface area contributed by atoms with Crippen molar-refractivity contribution >= 4 is 29.9 Å². The summed E-state index contributed by atoms with van der Waals surface area (Å²) in [4.78, 5) is 4.56. The lowest BCUT2D eigenvalue weighted by Crippen LogP contribution is -2.46. The van der Waals surface area contributed by atoms with Crippen molar-refractivity contribution in [2.45, 2.75) is 39.2 Å². The van der Waals surface area contributed by atoms with Gasteiger partial charge in [-0.15, -0.1) is 24.0 Å². The summed E-state index contributed by atoms with van der Waals surface area (Å²) < 4.78 is 18.5. The monoisotopic (exact) mass is 449 g/mol. The molecule has 0 aromatic heterocycles. The van der Waals surface area contributed by atoms with Crippen LogP contribution >= 0.6 is 24.0 Å². The Kier molecular flexibility index (Phi) is 9.58. The highest BCUT2D eigenvalue weighted by Gasteiger charge is 2.36. The standard InChI is InChI=1S/C18H28FN3O.HI/c1-3-20-17(21-13-15-6-4-7-16(19)12-15)22-14-18(8-5-9-18)10-11-23-2;/h4,6-7,12H,3,5,8-11,13-14H2,1-2H3,(H2,20,21,22);1H. The molecule has 136 valence electrons. The molecular weight excluding hydrogens is 420 g/mol. The van der Waals surface area contributed by atoms with Gasteiger partial charge in [0.15, 0.2) is 5.96 Å². The Morgan fingerprint density at radius 3 is 2.71 bits per heavy atom. The lowest BCUT2D eigenvalue weighted by atomic mass is 9.67. The van der Waals surface area contributed by atoms with E-state index in [0.29, 0.717) is 12.0 Å². The van der Waals surface area contributed by atoms with Gasteiger partial charge in [-0.3, -0.25) is 0 Å². The third-order valence-corrected chi connectivity index (χ3v) is 4.53. The zero-order chi connectivity index (χ0) is 16.5. The summed E-state index contributed by atoms with van der Waals surface area (Å²) in [6.45, 7) is 5.03. The van der Waals surface area contributed by atoms with E-state index < -0.39 is 0 Å². The molecule has 6 heteroatoms. The summed E-state index contributed by atoms with van der Waals surface area (Å²) in [6.07, 6.45) is 4.86. The van der Waals surface area contributed by atoms with Crippen LogP contribution in [0.15, 0.2) is 29.3 Å². The summed E-state index contributed by atoms with van der Waals surface area (Å²) >= 11 is 0. The van der Waals surface area contributed by atoms with Crippen LogP contribution in [0.2, 0.25) is 0 Å². The zero-order valence-corrected chi connectivity index (χ0v) is 16.9. The average molecular weight is 449 g/mol. The number of aliphatic imine (C=N–C) groups is 1. The summed E-state index contributed by atoms with van der Waals surface area (Å²) in [7, 11) is 1.75. The van der Waals surface area contributed by atoms with Gasteiger partial charge in [0.2, 0.25) is 0 Å². The molecule has 0 atom stereocenters. The van der Waals surface area contributed by atoms with Crippen molar-refractivity contribution in [3.05, 3.63) is 35.6 Å². The highest BCUT2D eigenvalue weighted by molar-refractivity contribution is 14.0. The molecule has 4 nitrogen and oxygen atoms in total. The lowest BCUT2D eigenvalue weighted by molar-refractivity contribution is 0.0732. The molecule has 1 aliphatic carbocycles. The number of benzene rings is 1. The van der Waals surface area contributed by atoms with Gasteiger partial charge in [0.25, 0.3) is 0 Å². The Balaban J connectivity index is 0.00000288. The quantitative estimate of drug-likeness (QED) is 0.362. The highest BCUT2D eigenvalue weighted by Crippen LogP contribution is 2.43. The molecule has 1 aliphatic rings. The predicted octanol–water partition coefficient (Wildman–Crippen LogP) is 3.71. The number of guanidine groups is 1. The Bertz CT molecular complexity index is 521. The fourth-order valence-electron chi connectivity index (χ4n) is 2.93. The minimum Gasteiger partial charge on any atom is -0.385 e. The van der Waals surface area contributed by atoms with Gasteiger partial charge in [-0.05, 0) is 49.3 Å². The third-order valence-electron chi connectivity index (χ3n) is 4.53. The number of rotatable bonds is 8. The fraction of sp³-hybridized carbons (Fsp3) is 0.611. The minimum absolute atomic E-state index is 0. The van der Waals surface area contributed by atoms with E-state index in [1.54, 1.807) is 13.2 Å². The number of methoxy groups -OCH3 is 1. The molecule has 0 saturated heterocycles. The zero-order valence-electron chi connectivity index (χ0n) is 14.6. The molecule has 0 spiro atoms. The first-order valence-corrected chi connectivity index (χ1v) is 8.43. The molecule has 2 N–H and O–H groups in total. The van der Waals surface area contributed by atoms with Crippen molar-refractivity contribution in [2.24, 2.45) is 10.4 Å². The van der Waals surface area contributed by atoms with Crippen LogP contribution in [0.25, 0.3) is 0 Å². The van der Waals surface area contributed by atoms with Crippen molar-refractivity contribution in [1.82, 2.24) is 10.6 Å². The van der Waals surface area contributed by atoms with Gasteiger partial charge in [0.1, 0.15) is 5.82 Å². The molecule has 0 aliphatic heterocycles. The van der Waals surface area contributed by atoms with Crippen LogP contribution in [-0.4, -0.2) is 32.8 Å². The second-order valence-electron chi connectivity index (χ2n) is 6.27. The number of nitrogens with one attached hydrogen (secondary N) is 2. The van der Waals surface area contributed by atoms with E-state index in [1.165, 1.54) is 31.4 Å². The molecule has 0 unspecified atom stereocenters. The van der Waals surface area contributed by atoms with Gasteiger partial charge in [0.05, 0.1) is 6.54 Å². The van der Waals surface area contributed by atoms with Crippen LogP contribution in [0.5, 0.6) is 0 Å². The van der Waals surface area contributed by atoms with Crippen LogP contribution in [0.3, 0.4) is 0 Å². The predicted molar refractivity (Wildman–Crippen MR) is 107 cm³/mol. The third kappa shape index (κ3) is 6.55. The van der Waals surface area contributed by atoms with E-state index in [0.717, 1.165) is 37.6 Å². The number of hydrogen-bond donors (Lipinski definition) is 2. The SMILES string of the molecule is CCNC(=NCc1cccc(F)c1)NCC1(CCOC)CCC1.I. The molecule has 0 radical (unpaired) electrons. The second-order valence-corrected chi connectivity index (χ2v) is 6.27. The molecule has 2 rings (SSSR count). The van der Waals surface area contributed by atoms with Gasteiger partial charge in [-0.25, -0.2) is 9.38 Å². The smallest absolute Gasteiger partial charge is 0.191 e. The van der Waals surface area contributed by atoms with E-state index >= 15 is 0 Å². The lowest BCUT2D eigenvalue weighted by Gasteiger charge is -2.42. The van der Waals surface area contributed by atoms with E-state index in [2.05, 4.69) is 15.6 Å². The Morgan fingerprint density at radius 1 is 1.33 bits per heavy atom. The van der Waals surface area contributed by atoms with Crippen LogP contribution < -0.4 is 10.6 Å². The first-order valence-electron chi connectivity index (χ1n) is 8.43. The Hall–Kier alpha value is -0.890. The van der Waals surface area contributed by atoms with Gasteiger partial charge >= 0.3 is 0 Å². The minimum atomic E-state index is -0.219. The van der Waals surface area contributed by atoms with Crippen molar-refractivity contribution in [1.29, 1.82) is 0 Å². The average Bonchev–Trinajstić information content (AvgIpc) is 2.51.